The van der Waals surface area contributed by atoms with E-state index in [0.29, 0.717) is 22.2 Å². The smallest absolute Gasteiger partial charge is 0.395 e. The van der Waals surface area contributed by atoms with Gasteiger partial charge in [0.1, 0.15) is 11.2 Å². The number of benzene rings is 1. The fourth-order valence-electron chi connectivity index (χ4n) is 4.11. The van der Waals surface area contributed by atoms with Crippen molar-refractivity contribution in [1.82, 2.24) is 29.7 Å². The Bertz CT molecular complexity index is 1390. The topological polar surface area (TPSA) is 123 Å². The molecule has 0 unspecified atom stereocenters. The molecule has 0 bridgehead atoms. The van der Waals surface area contributed by atoms with Crippen molar-refractivity contribution < 1.29 is 23.1 Å². The van der Waals surface area contributed by atoms with Crippen LogP contribution in [0.1, 0.15) is 18.5 Å². The van der Waals surface area contributed by atoms with E-state index in [-0.39, 0.29) is 30.9 Å². The van der Waals surface area contributed by atoms with Gasteiger partial charge in [0.25, 0.3) is 0 Å². The van der Waals surface area contributed by atoms with Crippen molar-refractivity contribution in [2.24, 2.45) is 0 Å². The first-order chi connectivity index (χ1) is 17.8. The molecule has 0 radical (unpaired) electrons. The lowest BCUT2D eigenvalue weighted by atomic mass is 10.2. The number of H-pyrrole nitrogens is 1. The van der Waals surface area contributed by atoms with Crippen LogP contribution in [-0.4, -0.2) is 66.4 Å². The second kappa shape index (κ2) is 10.4. The molecule has 1 aliphatic rings. The molecule has 3 aromatic heterocycles. The van der Waals surface area contributed by atoms with Crippen molar-refractivity contribution in [2.45, 2.75) is 35.1 Å². The van der Waals surface area contributed by atoms with Crippen LogP contribution in [0.2, 0.25) is 0 Å². The third kappa shape index (κ3) is 5.87. The van der Waals surface area contributed by atoms with Gasteiger partial charge in [0.2, 0.25) is 11.1 Å². The van der Waals surface area contributed by atoms with Crippen molar-refractivity contribution in [3.8, 4) is 0 Å². The molecule has 10 nitrogen and oxygen atoms in total. The zero-order valence-corrected chi connectivity index (χ0v) is 20.2. The van der Waals surface area contributed by atoms with Crippen LogP contribution in [0.5, 0.6) is 0 Å². The monoisotopic (exact) mass is 532 g/mol. The van der Waals surface area contributed by atoms with E-state index in [9.17, 15) is 23.1 Å². The van der Waals surface area contributed by atoms with Gasteiger partial charge >= 0.3 is 6.18 Å². The van der Waals surface area contributed by atoms with Gasteiger partial charge in [-0.15, -0.1) is 5.10 Å². The molecule has 1 atom stereocenters. The van der Waals surface area contributed by atoms with Gasteiger partial charge in [-0.25, -0.2) is 9.50 Å². The first-order valence-electron chi connectivity index (χ1n) is 11.5. The molecule has 1 aliphatic heterocycles. The molecule has 0 aliphatic carbocycles. The number of likely N-dealkylation sites (tertiary alicyclic amines) is 1. The number of aromatic nitrogens is 5. The number of anilines is 3. The van der Waals surface area contributed by atoms with Crippen LogP contribution in [0.15, 0.2) is 58.7 Å². The summed E-state index contributed by atoms with van der Waals surface area (Å²) in [4.78, 5) is 19.7. The van der Waals surface area contributed by atoms with Crippen molar-refractivity contribution in [1.29, 1.82) is 0 Å². The Hall–Kier alpha value is -3.62. The molecule has 0 spiro atoms. The van der Waals surface area contributed by atoms with Crippen molar-refractivity contribution in [2.75, 3.05) is 30.3 Å². The van der Waals surface area contributed by atoms with Crippen LogP contribution < -0.4 is 10.6 Å². The number of alkyl halides is 3. The number of nitrogens with zero attached hydrogens (tertiary/aromatic N) is 5. The largest absolute Gasteiger partial charge is 0.432 e. The summed E-state index contributed by atoms with van der Waals surface area (Å²) in [5, 5.41) is 25.6. The van der Waals surface area contributed by atoms with Crippen LogP contribution in [0.25, 0.3) is 5.52 Å². The highest BCUT2D eigenvalue weighted by atomic mass is 32.2. The molecule has 14 heteroatoms. The Labute approximate surface area is 213 Å². The molecule has 1 amide bonds. The number of aliphatic hydroxyl groups excluding tert-OH is 1. The van der Waals surface area contributed by atoms with Gasteiger partial charge < -0.3 is 15.7 Å². The van der Waals surface area contributed by atoms with Gasteiger partial charge in [-0.05, 0) is 67.5 Å². The van der Waals surface area contributed by atoms with Crippen LogP contribution in [0.3, 0.4) is 0 Å². The van der Waals surface area contributed by atoms with Crippen molar-refractivity contribution >= 4 is 40.5 Å². The summed E-state index contributed by atoms with van der Waals surface area (Å²) < 4.78 is 40.3. The zero-order valence-electron chi connectivity index (χ0n) is 19.4. The van der Waals surface area contributed by atoms with Gasteiger partial charge in [-0.3, -0.25) is 14.8 Å². The molecule has 1 saturated heterocycles. The Morgan fingerprint density at radius 3 is 2.78 bits per heavy atom. The minimum atomic E-state index is -4.54. The molecular formula is C23H23F3N8O2S. The van der Waals surface area contributed by atoms with Crippen LogP contribution in [0, 0.1) is 0 Å². The van der Waals surface area contributed by atoms with E-state index in [1.165, 1.54) is 11.8 Å². The summed E-state index contributed by atoms with van der Waals surface area (Å²) in [5.41, 5.74) is 0.239. The molecule has 1 fully saturated rings. The number of carbonyl (C=O) groups is 1. The number of hydrogen-bond donors (Lipinski definition) is 4. The van der Waals surface area contributed by atoms with E-state index in [1.54, 1.807) is 35.0 Å². The summed E-state index contributed by atoms with van der Waals surface area (Å²) in [5.74, 6) is 0.129. The number of amides is 1. The molecule has 4 N–H and O–H groups in total. The summed E-state index contributed by atoms with van der Waals surface area (Å²) in [6.07, 6.45) is -0.973. The Morgan fingerprint density at radius 1 is 1.24 bits per heavy atom. The third-order valence-electron chi connectivity index (χ3n) is 5.90. The normalized spacial score (nSPS) is 16.4. The summed E-state index contributed by atoms with van der Waals surface area (Å²) in [6, 6.07) is 11.5. The average molecular weight is 533 g/mol. The second-order valence-corrected chi connectivity index (χ2v) is 9.53. The number of nitrogens with one attached hydrogen (secondary N) is 3. The number of carbonyl (C=O) groups excluding carboxylic acids is 1. The zero-order chi connectivity index (χ0) is 26.0. The van der Waals surface area contributed by atoms with Gasteiger partial charge in [0, 0.05) is 28.9 Å². The lowest BCUT2D eigenvalue weighted by Gasteiger charge is -2.21. The average Bonchev–Trinajstić information content (AvgIpc) is 3.61. The lowest BCUT2D eigenvalue weighted by Crippen LogP contribution is -2.38. The molecule has 37 heavy (non-hydrogen) atoms. The quantitative estimate of drug-likeness (QED) is 0.271. The maximum atomic E-state index is 12.9. The maximum Gasteiger partial charge on any atom is 0.432 e. The van der Waals surface area contributed by atoms with E-state index in [0.717, 1.165) is 30.3 Å². The summed E-state index contributed by atoms with van der Waals surface area (Å²) in [6.45, 7) is 1.06. The van der Waals surface area contributed by atoms with E-state index >= 15 is 0 Å². The van der Waals surface area contributed by atoms with Gasteiger partial charge in [-0.1, -0.05) is 0 Å². The van der Waals surface area contributed by atoms with Gasteiger partial charge in [0.05, 0.1) is 13.2 Å². The number of halogens is 3. The predicted octanol–water partition coefficient (Wildman–Crippen LogP) is 3.76. The maximum absolute atomic E-state index is 12.9. The molecule has 1 aromatic carbocycles. The Morgan fingerprint density at radius 2 is 2.05 bits per heavy atom. The molecule has 194 valence electrons. The fourth-order valence-corrected chi connectivity index (χ4v) is 4.86. The minimum absolute atomic E-state index is 0.0237. The number of rotatable bonds is 8. The first kappa shape index (κ1) is 25.0. The van der Waals surface area contributed by atoms with E-state index in [1.807, 2.05) is 22.1 Å². The number of aromatic amines is 1. The highest BCUT2D eigenvalue weighted by Gasteiger charge is 2.33. The fraction of sp³-hybridized carbons (Fsp3) is 0.304. The Kier molecular flexibility index (Phi) is 7.04. The molecule has 4 aromatic rings. The highest BCUT2D eigenvalue weighted by molar-refractivity contribution is 7.99. The van der Waals surface area contributed by atoms with E-state index < -0.39 is 11.9 Å². The van der Waals surface area contributed by atoms with Crippen LogP contribution in [0.4, 0.5) is 30.5 Å². The van der Waals surface area contributed by atoms with Crippen molar-refractivity contribution in [3.05, 3.63) is 54.4 Å². The summed E-state index contributed by atoms with van der Waals surface area (Å²) in [7, 11) is 0. The van der Waals surface area contributed by atoms with Crippen LogP contribution in [-0.2, 0) is 11.0 Å². The van der Waals surface area contributed by atoms with Gasteiger partial charge in [0.15, 0.2) is 11.6 Å². The SMILES string of the molecule is O=C(CN1CCC[C@H]1CO)Nc1ccc(Sc2nc(Nc3cc(C(F)(F)F)[nH]n3)c3cccn3n2)cc1. The third-order valence-corrected chi connectivity index (χ3v) is 6.77. The number of fused-ring (bicyclic) bond motifs is 1. The van der Waals surface area contributed by atoms with E-state index in [4.69, 9.17) is 0 Å². The lowest BCUT2D eigenvalue weighted by molar-refractivity contribution is -0.141. The van der Waals surface area contributed by atoms with Crippen LogP contribution >= 0.6 is 11.8 Å². The number of hydrogen-bond acceptors (Lipinski definition) is 8. The molecular weight excluding hydrogens is 509 g/mol. The van der Waals surface area contributed by atoms with E-state index in [2.05, 4.69) is 25.8 Å². The van der Waals surface area contributed by atoms with Gasteiger partial charge in [-0.2, -0.15) is 18.3 Å². The van der Waals surface area contributed by atoms with Crippen molar-refractivity contribution in [3.63, 3.8) is 0 Å². The summed E-state index contributed by atoms with van der Waals surface area (Å²) >= 11 is 1.26. The minimum Gasteiger partial charge on any atom is -0.395 e. The molecule has 4 heterocycles. The molecule has 5 rings (SSSR count). The standard InChI is InChI=1S/C23H23F3N8O2S/c24-23(25,26)18-11-19(31-30-18)28-21-17-4-2-10-34(17)32-22(29-21)37-16-7-5-14(6-8-16)27-20(36)12-33-9-1-3-15(33)13-35/h2,4-8,10-11,15,35H,1,3,9,12-13H2,(H,27,36)(H2,28,29,30,31,32)/t15-/m0/s1. The number of aliphatic hydroxyl groups is 1. The second-order valence-electron chi connectivity index (χ2n) is 8.49. The predicted molar refractivity (Wildman–Crippen MR) is 131 cm³/mol. The Balaban J connectivity index is 1.26. The molecule has 0 saturated carbocycles. The highest BCUT2D eigenvalue weighted by Crippen LogP contribution is 2.31. The first-order valence-corrected chi connectivity index (χ1v) is 12.3.